The summed E-state index contributed by atoms with van der Waals surface area (Å²) in [4.78, 5) is 24.3. The van der Waals surface area contributed by atoms with E-state index < -0.39 is 18.0 Å². The van der Waals surface area contributed by atoms with E-state index in [-0.39, 0.29) is 6.42 Å². The summed E-state index contributed by atoms with van der Waals surface area (Å²) in [7, 11) is 3.99. The van der Waals surface area contributed by atoms with E-state index in [0.717, 1.165) is 19.4 Å². The fourth-order valence-corrected chi connectivity index (χ4v) is 1.35. The molecule has 0 rings (SSSR count). The summed E-state index contributed by atoms with van der Waals surface area (Å²) < 4.78 is 0. The van der Waals surface area contributed by atoms with Crippen LogP contribution in [0.25, 0.3) is 0 Å². The Bertz CT molecular complexity index is 280. The lowest BCUT2D eigenvalue weighted by Gasteiger charge is -2.13. The third-order valence-electron chi connectivity index (χ3n) is 2.32. The normalized spacial score (nSPS) is 11.9. The van der Waals surface area contributed by atoms with Gasteiger partial charge in [0.1, 0.15) is 6.04 Å². The van der Waals surface area contributed by atoms with E-state index in [1.165, 1.54) is 6.08 Å². The number of rotatable bonds is 9. The maximum absolute atomic E-state index is 11.4. The van der Waals surface area contributed by atoms with Crippen LogP contribution < -0.4 is 10.6 Å². The number of urea groups is 1. The number of amides is 2. The highest BCUT2D eigenvalue weighted by atomic mass is 16.4. The molecule has 0 saturated heterocycles. The van der Waals surface area contributed by atoms with Crippen molar-refractivity contribution in [1.29, 1.82) is 0 Å². The molecule has 2 amide bonds. The Morgan fingerprint density at radius 2 is 2.06 bits per heavy atom. The largest absolute Gasteiger partial charge is 0.480 e. The summed E-state index contributed by atoms with van der Waals surface area (Å²) in [6.45, 7) is 4.96. The van der Waals surface area contributed by atoms with E-state index in [9.17, 15) is 9.59 Å². The van der Waals surface area contributed by atoms with Crippen molar-refractivity contribution in [2.24, 2.45) is 0 Å². The summed E-state index contributed by atoms with van der Waals surface area (Å²) in [6.07, 6.45) is 3.53. The van der Waals surface area contributed by atoms with Crippen molar-refractivity contribution in [3.8, 4) is 0 Å². The van der Waals surface area contributed by atoms with E-state index in [4.69, 9.17) is 5.11 Å². The third-order valence-corrected chi connectivity index (χ3v) is 2.32. The Labute approximate surface area is 108 Å². The first-order chi connectivity index (χ1) is 8.47. The van der Waals surface area contributed by atoms with Crippen LogP contribution in [0.3, 0.4) is 0 Å². The van der Waals surface area contributed by atoms with Crippen LogP contribution in [0.5, 0.6) is 0 Å². The molecule has 0 saturated carbocycles. The van der Waals surface area contributed by atoms with Gasteiger partial charge in [-0.2, -0.15) is 0 Å². The monoisotopic (exact) mass is 257 g/mol. The van der Waals surface area contributed by atoms with Gasteiger partial charge < -0.3 is 20.6 Å². The van der Waals surface area contributed by atoms with Gasteiger partial charge in [-0.25, -0.2) is 9.59 Å². The minimum absolute atomic E-state index is 0.212. The van der Waals surface area contributed by atoms with Crippen LogP contribution in [0, 0.1) is 0 Å². The van der Waals surface area contributed by atoms with Crippen LogP contribution in [-0.4, -0.2) is 55.2 Å². The lowest BCUT2D eigenvalue weighted by Crippen LogP contribution is -2.46. The highest BCUT2D eigenvalue weighted by Gasteiger charge is 2.17. The molecule has 18 heavy (non-hydrogen) atoms. The highest BCUT2D eigenvalue weighted by Crippen LogP contribution is 1.93. The Hall–Kier alpha value is -1.56. The number of nitrogens with zero attached hydrogens (tertiary/aromatic N) is 1. The van der Waals surface area contributed by atoms with Gasteiger partial charge >= 0.3 is 12.0 Å². The van der Waals surface area contributed by atoms with E-state index >= 15 is 0 Å². The molecule has 1 unspecified atom stereocenters. The molecule has 6 heteroatoms. The van der Waals surface area contributed by atoms with E-state index in [1.807, 2.05) is 14.1 Å². The van der Waals surface area contributed by atoms with Crippen molar-refractivity contribution in [1.82, 2.24) is 15.5 Å². The standard InChI is InChI=1S/C12H23N3O3/c1-4-7-10(11(16)17)14-12(18)13-8-5-6-9-15(2)3/h4,10H,1,5-9H2,2-3H3,(H,16,17)(H2,13,14,18). The van der Waals surface area contributed by atoms with Crippen molar-refractivity contribution in [3.63, 3.8) is 0 Å². The lowest BCUT2D eigenvalue weighted by atomic mass is 10.2. The summed E-state index contributed by atoms with van der Waals surface area (Å²) in [5.41, 5.74) is 0. The summed E-state index contributed by atoms with van der Waals surface area (Å²) in [5.74, 6) is -1.06. The highest BCUT2D eigenvalue weighted by molar-refractivity contribution is 5.82. The molecule has 3 N–H and O–H groups in total. The molecule has 0 fully saturated rings. The molecule has 0 spiro atoms. The molecular formula is C12H23N3O3. The zero-order chi connectivity index (χ0) is 14.0. The Morgan fingerprint density at radius 3 is 2.56 bits per heavy atom. The predicted molar refractivity (Wildman–Crippen MR) is 70.6 cm³/mol. The third kappa shape index (κ3) is 8.58. The van der Waals surface area contributed by atoms with Crippen LogP contribution in [0.15, 0.2) is 12.7 Å². The number of carbonyl (C=O) groups is 2. The van der Waals surface area contributed by atoms with Gasteiger partial charge in [0, 0.05) is 6.54 Å². The fourth-order valence-electron chi connectivity index (χ4n) is 1.35. The van der Waals surface area contributed by atoms with Gasteiger partial charge in [-0.3, -0.25) is 0 Å². The SMILES string of the molecule is C=CCC(NC(=O)NCCCCN(C)C)C(=O)O. The maximum Gasteiger partial charge on any atom is 0.326 e. The van der Waals surface area contributed by atoms with E-state index in [1.54, 1.807) is 0 Å². The Morgan fingerprint density at radius 1 is 1.39 bits per heavy atom. The molecule has 104 valence electrons. The number of unbranched alkanes of at least 4 members (excludes halogenated alkanes) is 1. The molecule has 0 heterocycles. The molecule has 0 aromatic heterocycles. The number of nitrogens with one attached hydrogen (secondary N) is 2. The number of carbonyl (C=O) groups excluding carboxylic acids is 1. The molecule has 0 aliphatic carbocycles. The second-order valence-electron chi connectivity index (χ2n) is 4.33. The smallest absolute Gasteiger partial charge is 0.326 e. The molecule has 0 aliphatic heterocycles. The van der Waals surface area contributed by atoms with Crippen LogP contribution in [0.1, 0.15) is 19.3 Å². The van der Waals surface area contributed by atoms with Gasteiger partial charge in [-0.1, -0.05) is 6.08 Å². The Kier molecular flexibility index (Phi) is 8.65. The second-order valence-corrected chi connectivity index (χ2v) is 4.33. The van der Waals surface area contributed by atoms with Gasteiger partial charge in [0.05, 0.1) is 0 Å². The average Bonchev–Trinajstić information content (AvgIpc) is 2.27. The first-order valence-corrected chi connectivity index (χ1v) is 6.00. The molecule has 0 aliphatic rings. The topological polar surface area (TPSA) is 81.7 Å². The van der Waals surface area contributed by atoms with Crippen molar-refractivity contribution in [2.75, 3.05) is 27.2 Å². The summed E-state index contributed by atoms with van der Waals surface area (Å²) >= 11 is 0. The van der Waals surface area contributed by atoms with Gasteiger partial charge in [-0.05, 0) is 39.9 Å². The number of aliphatic carboxylic acids is 1. The second kappa shape index (κ2) is 9.47. The molecule has 0 bridgehead atoms. The predicted octanol–water partition coefficient (Wildman–Crippen LogP) is 0.657. The Balaban J connectivity index is 3.75. The zero-order valence-electron chi connectivity index (χ0n) is 11.1. The van der Waals surface area contributed by atoms with Crippen LogP contribution in [-0.2, 0) is 4.79 Å². The minimum atomic E-state index is -1.06. The molecule has 0 aromatic carbocycles. The quantitative estimate of drug-likeness (QED) is 0.418. The van der Waals surface area contributed by atoms with Crippen molar-refractivity contribution >= 4 is 12.0 Å². The number of hydrogen-bond donors (Lipinski definition) is 3. The molecule has 0 aromatic rings. The van der Waals surface area contributed by atoms with E-state index in [0.29, 0.717) is 6.54 Å². The maximum atomic E-state index is 11.4. The van der Waals surface area contributed by atoms with Gasteiger partial charge in [0.15, 0.2) is 0 Å². The van der Waals surface area contributed by atoms with Crippen molar-refractivity contribution in [3.05, 3.63) is 12.7 Å². The van der Waals surface area contributed by atoms with Gasteiger partial charge in [0.25, 0.3) is 0 Å². The first-order valence-electron chi connectivity index (χ1n) is 6.00. The minimum Gasteiger partial charge on any atom is -0.480 e. The average molecular weight is 257 g/mol. The molecular weight excluding hydrogens is 234 g/mol. The van der Waals surface area contributed by atoms with Crippen LogP contribution in [0.2, 0.25) is 0 Å². The molecule has 1 atom stereocenters. The summed E-state index contributed by atoms with van der Waals surface area (Å²) in [6, 6.07) is -1.36. The molecule has 0 radical (unpaired) electrons. The number of hydrogen-bond acceptors (Lipinski definition) is 3. The van der Waals surface area contributed by atoms with Crippen LogP contribution >= 0.6 is 0 Å². The van der Waals surface area contributed by atoms with Gasteiger partial charge in [0.2, 0.25) is 0 Å². The molecule has 6 nitrogen and oxygen atoms in total. The lowest BCUT2D eigenvalue weighted by molar-refractivity contribution is -0.139. The van der Waals surface area contributed by atoms with Crippen molar-refractivity contribution in [2.45, 2.75) is 25.3 Å². The zero-order valence-corrected chi connectivity index (χ0v) is 11.1. The van der Waals surface area contributed by atoms with Crippen molar-refractivity contribution < 1.29 is 14.7 Å². The van der Waals surface area contributed by atoms with E-state index in [2.05, 4.69) is 22.1 Å². The van der Waals surface area contributed by atoms with Crippen LogP contribution in [0.4, 0.5) is 4.79 Å². The van der Waals surface area contributed by atoms with Gasteiger partial charge in [-0.15, -0.1) is 6.58 Å². The first kappa shape index (κ1) is 16.4. The number of carboxylic acid groups (broad SMARTS) is 1. The number of carboxylic acids is 1. The summed E-state index contributed by atoms with van der Waals surface area (Å²) in [5, 5.41) is 13.8. The fraction of sp³-hybridized carbons (Fsp3) is 0.667.